The third kappa shape index (κ3) is 4.91. The van der Waals surface area contributed by atoms with Gasteiger partial charge in [0.05, 0.1) is 6.61 Å². The molecule has 0 aliphatic carbocycles. The maximum atomic E-state index is 13.4. The van der Waals surface area contributed by atoms with Crippen LogP contribution in [0.4, 0.5) is 4.39 Å². The molecule has 2 atom stereocenters. The minimum absolute atomic E-state index is 0.191. The van der Waals surface area contributed by atoms with Crippen molar-refractivity contribution in [1.29, 1.82) is 0 Å². The Labute approximate surface area is 171 Å². The van der Waals surface area contributed by atoms with Crippen LogP contribution in [0.1, 0.15) is 30.7 Å². The summed E-state index contributed by atoms with van der Waals surface area (Å²) in [5.74, 6) is 2.78. The lowest BCUT2D eigenvalue weighted by atomic mass is 9.80. The van der Waals surface area contributed by atoms with Crippen LogP contribution < -0.4 is 14.2 Å². The van der Waals surface area contributed by atoms with Crippen LogP contribution in [-0.2, 0) is 0 Å². The lowest BCUT2D eigenvalue weighted by Gasteiger charge is -2.38. The van der Waals surface area contributed by atoms with E-state index in [0.717, 1.165) is 56.1 Å². The zero-order valence-corrected chi connectivity index (χ0v) is 16.7. The van der Waals surface area contributed by atoms with Gasteiger partial charge in [-0.1, -0.05) is 18.2 Å². The van der Waals surface area contributed by atoms with E-state index in [1.165, 1.54) is 5.56 Å². The number of unbranched alkanes of at least 4 members (excludes halogenated alkanes) is 1. The van der Waals surface area contributed by atoms with Gasteiger partial charge in [0.2, 0.25) is 6.79 Å². The molecule has 0 spiro atoms. The van der Waals surface area contributed by atoms with Crippen LogP contribution in [0.2, 0.25) is 0 Å². The van der Waals surface area contributed by atoms with Gasteiger partial charge in [0.1, 0.15) is 11.6 Å². The largest absolute Gasteiger partial charge is 0.493 e. The van der Waals surface area contributed by atoms with E-state index in [2.05, 4.69) is 11.5 Å². The number of benzene rings is 2. The molecule has 5 heteroatoms. The molecule has 1 fully saturated rings. The summed E-state index contributed by atoms with van der Waals surface area (Å²) in [4.78, 5) is 2.51. The number of allylic oxidation sites excluding steroid dienone is 1. The summed E-state index contributed by atoms with van der Waals surface area (Å²) in [6.45, 7) is 7.79. The smallest absolute Gasteiger partial charge is 0.231 e. The fourth-order valence-electron chi connectivity index (χ4n) is 4.26. The molecule has 0 unspecified atom stereocenters. The highest BCUT2D eigenvalue weighted by molar-refractivity contribution is 5.46. The van der Waals surface area contributed by atoms with Crippen LogP contribution in [0.5, 0.6) is 17.2 Å². The fourth-order valence-corrected chi connectivity index (χ4v) is 4.26. The molecule has 0 saturated carbocycles. The molecular weight excluding hydrogens is 369 g/mol. The molecular formula is C24H28FNO3. The summed E-state index contributed by atoms with van der Waals surface area (Å²) in [6, 6.07) is 12.6. The van der Waals surface area contributed by atoms with Crippen LogP contribution in [0, 0.1) is 11.7 Å². The molecule has 2 aromatic rings. The van der Waals surface area contributed by atoms with Gasteiger partial charge < -0.3 is 19.1 Å². The third-order valence-electron chi connectivity index (χ3n) is 5.81. The normalized spacial score (nSPS) is 21.1. The van der Waals surface area contributed by atoms with E-state index in [1.807, 2.05) is 36.4 Å². The fraction of sp³-hybridized carbons (Fsp3) is 0.417. The molecule has 154 valence electrons. The van der Waals surface area contributed by atoms with Crippen molar-refractivity contribution in [1.82, 2.24) is 4.90 Å². The Hall–Kier alpha value is -2.53. The summed E-state index contributed by atoms with van der Waals surface area (Å²) >= 11 is 0. The highest BCUT2D eigenvalue weighted by atomic mass is 19.1. The van der Waals surface area contributed by atoms with Crippen LogP contribution in [0.15, 0.2) is 55.1 Å². The number of nitrogens with zero attached hydrogens (tertiary/aromatic N) is 1. The lowest BCUT2D eigenvalue weighted by Crippen LogP contribution is -2.42. The van der Waals surface area contributed by atoms with Crippen LogP contribution >= 0.6 is 0 Å². The zero-order valence-electron chi connectivity index (χ0n) is 16.7. The van der Waals surface area contributed by atoms with E-state index in [1.54, 1.807) is 12.1 Å². The van der Waals surface area contributed by atoms with E-state index in [-0.39, 0.29) is 12.6 Å². The molecule has 0 radical (unpaired) electrons. The first-order chi connectivity index (χ1) is 14.2. The predicted molar refractivity (Wildman–Crippen MR) is 111 cm³/mol. The SMILES string of the molecule is C=CCCCN1CC[C@H](c2ccc(F)cc2)[C@@H](COc2ccc3c(c2)OCO3)C1. The molecule has 2 aromatic carbocycles. The first-order valence-corrected chi connectivity index (χ1v) is 10.3. The number of halogens is 1. The molecule has 1 saturated heterocycles. The van der Waals surface area contributed by atoms with Gasteiger partial charge in [0.25, 0.3) is 0 Å². The standard InChI is InChI=1S/C24H28FNO3/c1-2-3-4-12-26-13-11-22(18-5-7-20(25)8-6-18)19(15-26)16-27-21-9-10-23-24(14-21)29-17-28-23/h2,5-10,14,19,22H,1,3-4,11-13,15-17H2/t19-,22-/m1/s1. The number of fused-ring (bicyclic) bond motifs is 1. The number of rotatable bonds is 8. The van der Waals surface area contributed by atoms with Gasteiger partial charge in [0, 0.05) is 18.5 Å². The van der Waals surface area contributed by atoms with Gasteiger partial charge in [0.15, 0.2) is 11.5 Å². The minimum atomic E-state index is -0.191. The molecule has 4 nitrogen and oxygen atoms in total. The number of ether oxygens (including phenoxy) is 3. The van der Waals surface area contributed by atoms with Crippen molar-refractivity contribution in [3.05, 3.63) is 66.5 Å². The summed E-state index contributed by atoms with van der Waals surface area (Å²) < 4.78 is 30.4. The predicted octanol–water partition coefficient (Wildman–Crippen LogP) is 5.01. The maximum absolute atomic E-state index is 13.4. The molecule has 0 bridgehead atoms. The van der Waals surface area contributed by atoms with Crippen molar-refractivity contribution in [2.24, 2.45) is 5.92 Å². The molecule has 2 heterocycles. The number of piperidine rings is 1. The molecule has 2 aliphatic heterocycles. The Morgan fingerprint density at radius 3 is 2.79 bits per heavy atom. The molecule has 29 heavy (non-hydrogen) atoms. The molecule has 4 rings (SSSR count). The van der Waals surface area contributed by atoms with E-state index in [0.29, 0.717) is 18.4 Å². The zero-order chi connectivity index (χ0) is 20.1. The number of likely N-dealkylation sites (tertiary alicyclic amines) is 1. The average Bonchev–Trinajstić information content (AvgIpc) is 3.21. The number of hydrogen-bond acceptors (Lipinski definition) is 4. The minimum Gasteiger partial charge on any atom is -0.493 e. The van der Waals surface area contributed by atoms with Crippen LogP contribution in [0.25, 0.3) is 0 Å². The van der Waals surface area contributed by atoms with Gasteiger partial charge in [-0.05, 0) is 68.1 Å². The van der Waals surface area contributed by atoms with Gasteiger partial charge in [-0.15, -0.1) is 6.58 Å². The molecule has 2 aliphatic rings. The monoisotopic (exact) mass is 397 g/mol. The van der Waals surface area contributed by atoms with Crippen molar-refractivity contribution in [2.45, 2.75) is 25.2 Å². The summed E-state index contributed by atoms with van der Waals surface area (Å²) in [5, 5.41) is 0. The Morgan fingerprint density at radius 1 is 1.14 bits per heavy atom. The van der Waals surface area contributed by atoms with E-state index in [4.69, 9.17) is 14.2 Å². The second kappa shape index (κ2) is 9.31. The van der Waals surface area contributed by atoms with E-state index >= 15 is 0 Å². The van der Waals surface area contributed by atoms with Crippen LogP contribution in [0.3, 0.4) is 0 Å². The molecule has 0 N–H and O–H groups in total. The Morgan fingerprint density at radius 2 is 1.97 bits per heavy atom. The van der Waals surface area contributed by atoms with Gasteiger partial charge >= 0.3 is 0 Å². The van der Waals surface area contributed by atoms with Gasteiger partial charge in [-0.3, -0.25) is 0 Å². The van der Waals surface area contributed by atoms with Crippen molar-refractivity contribution < 1.29 is 18.6 Å². The van der Waals surface area contributed by atoms with E-state index in [9.17, 15) is 4.39 Å². The molecule has 0 amide bonds. The lowest BCUT2D eigenvalue weighted by molar-refractivity contribution is 0.110. The Kier molecular flexibility index (Phi) is 6.35. The van der Waals surface area contributed by atoms with Crippen molar-refractivity contribution in [2.75, 3.05) is 33.0 Å². The number of hydrogen-bond donors (Lipinski definition) is 0. The second-order valence-electron chi connectivity index (χ2n) is 7.76. The summed E-state index contributed by atoms with van der Waals surface area (Å²) in [6.07, 6.45) is 5.19. The Balaban J connectivity index is 1.44. The average molecular weight is 397 g/mol. The van der Waals surface area contributed by atoms with Crippen molar-refractivity contribution in [3.63, 3.8) is 0 Å². The van der Waals surface area contributed by atoms with Gasteiger partial charge in [-0.25, -0.2) is 4.39 Å². The quantitative estimate of drug-likeness (QED) is 0.463. The highest BCUT2D eigenvalue weighted by Crippen LogP contribution is 2.37. The molecule has 0 aromatic heterocycles. The van der Waals surface area contributed by atoms with Crippen molar-refractivity contribution >= 4 is 0 Å². The first-order valence-electron chi connectivity index (χ1n) is 10.3. The van der Waals surface area contributed by atoms with E-state index < -0.39 is 0 Å². The topological polar surface area (TPSA) is 30.9 Å². The Bertz CT molecular complexity index is 823. The van der Waals surface area contributed by atoms with Crippen LogP contribution in [-0.4, -0.2) is 37.9 Å². The second-order valence-corrected chi connectivity index (χ2v) is 7.76. The first kappa shape index (κ1) is 19.8. The van der Waals surface area contributed by atoms with Crippen molar-refractivity contribution in [3.8, 4) is 17.2 Å². The highest BCUT2D eigenvalue weighted by Gasteiger charge is 2.31. The van der Waals surface area contributed by atoms with Gasteiger partial charge in [-0.2, -0.15) is 0 Å². The third-order valence-corrected chi connectivity index (χ3v) is 5.81. The summed E-state index contributed by atoms with van der Waals surface area (Å²) in [7, 11) is 0. The summed E-state index contributed by atoms with van der Waals surface area (Å²) in [5.41, 5.74) is 1.19. The maximum Gasteiger partial charge on any atom is 0.231 e.